The number of amides is 1. The van der Waals surface area contributed by atoms with E-state index in [1.807, 2.05) is 18.2 Å². The van der Waals surface area contributed by atoms with Crippen LogP contribution in [-0.2, 0) is 16.1 Å². The highest BCUT2D eigenvalue weighted by molar-refractivity contribution is 5.94. The van der Waals surface area contributed by atoms with E-state index in [1.165, 1.54) is 4.68 Å². The van der Waals surface area contributed by atoms with Crippen LogP contribution in [0.3, 0.4) is 0 Å². The van der Waals surface area contributed by atoms with E-state index in [1.54, 1.807) is 12.1 Å². The quantitative estimate of drug-likeness (QED) is 0.621. The van der Waals surface area contributed by atoms with Crippen LogP contribution in [0.4, 0.5) is 8.78 Å². The topological polar surface area (TPSA) is 99.0 Å². The molecule has 1 aromatic heterocycles. The highest BCUT2D eigenvalue weighted by atomic mass is 19.1. The predicted molar refractivity (Wildman–Crippen MR) is 92.3 cm³/mol. The summed E-state index contributed by atoms with van der Waals surface area (Å²) < 4.78 is 32.9. The maximum absolute atomic E-state index is 13.5. The van der Waals surface area contributed by atoms with Gasteiger partial charge in [-0.05, 0) is 34.7 Å². The Morgan fingerprint density at radius 1 is 1.11 bits per heavy atom. The van der Waals surface area contributed by atoms with Crippen molar-refractivity contribution in [2.45, 2.75) is 13.0 Å². The molecule has 28 heavy (non-hydrogen) atoms. The second kappa shape index (κ2) is 8.80. The van der Waals surface area contributed by atoms with E-state index in [0.29, 0.717) is 17.6 Å². The fourth-order valence-electron chi connectivity index (χ4n) is 2.33. The van der Waals surface area contributed by atoms with E-state index >= 15 is 0 Å². The Kier molecular flexibility index (Phi) is 6.00. The lowest BCUT2D eigenvalue weighted by molar-refractivity contribution is -0.145. The molecular formula is C18H15F2N5O3. The van der Waals surface area contributed by atoms with Gasteiger partial charge in [0.1, 0.15) is 11.6 Å². The summed E-state index contributed by atoms with van der Waals surface area (Å²) in [4.78, 5) is 23.7. The summed E-state index contributed by atoms with van der Waals surface area (Å²) in [6, 6.07) is 11.7. The van der Waals surface area contributed by atoms with Crippen molar-refractivity contribution >= 4 is 11.9 Å². The molecule has 0 bridgehead atoms. The maximum atomic E-state index is 13.5. The molecule has 10 heteroatoms. The number of carbonyl (C=O) groups is 2. The fourth-order valence-corrected chi connectivity index (χ4v) is 2.33. The Morgan fingerprint density at radius 2 is 1.89 bits per heavy atom. The smallest absolute Gasteiger partial charge is 0.308 e. The van der Waals surface area contributed by atoms with Gasteiger partial charge < -0.3 is 10.1 Å². The molecule has 0 unspecified atom stereocenters. The van der Waals surface area contributed by atoms with Gasteiger partial charge in [-0.25, -0.2) is 8.78 Å². The van der Waals surface area contributed by atoms with E-state index < -0.39 is 23.5 Å². The molecule has 0 saturated carbocycles. The van der Waals surface area contributed by atoms with Crippen LogP contribution in [0.1, 0.15) is 22.6 Å². The van der Waals surface area contributed by atoms with Gasteiger partial charge in [0.05, 0.1) is 17.7 Å². The number of hydrogen-bond donors (Lipinski definition) is 1. The third-order valence-corrected chi connectivity index (χ3v) is 3.69. The lowest BCUT2D eigenvalue weighted by atomic mass is 10.2. The van der Waals surface area contributed by atoms with Crippen LogP contribution in [0, 0.1) is 11.6 Å². The molecule has 0 fully saturated rings. The van der Waals surface area contributed by atoms with Crippen molar-refractivity contribution in [3.63, 3.8) is 0 Å². The van der Waals surface area contributed by atoms with Crippen molar-refractivity contribution in [1.82, 2.24) is 25.5 Å². The van der Waals surface area contributed by atoms with Crippen LogP contribution in [-0.4, -0.2) is 38.6 Å². The molecule has 0 radical (unpaired) electrons. The van der Waals surface area contributed by atoms with E-state index in [9.17, 15) is 18.4 Å². The van der Waals surface area contributed by atoms with Gasteiger partial charge in [-0.2, -0.15) is 4.68 Å². The Bertz CT molecular complexity index is 978. The fraction of sp³-hybridized carbons (Fsp3) is 0.167. The van der Waals surface area contributed by atoms with Gasteiger partial charge in [-0.1, -0.05) is 18.2 Å². The number of halogens is 2. The normalized spacial score (nSPS) is 10.5. The number of aromatic nitrogens is 4. The summed E-state index contributed by atoms with van der Waals surface area (Å²) in [7, 11) is 0. The first-order valence-electron chi connectivity index (χ1n) is 8.26. The molecule has 0 aliphatic heterocycles. The lowest BCUT2D eigenvalue weighted by Gasteiger charge is -2.07. The standard InChI is InChI=1S/C18H15F2N5O3/c19-12-6-7-14(15(20)10-12)18(27)21-9-8-17(26)28-11-16-22-23-24-25(16)13-4-2-1-3-5-13/h1-7,10H,8-9,11H2,(H,21,27). The Labute approximate surface area is 158 Å². The minimum Gasteiger partial charge on any atom is -0.457 e. The predicted octanol–water partition coefficient (Wildman–Crippen LogP) is 1.80. The average molecular weight is 387 g/mol. The van der Waals surface area contributed by atoms with Crippen molar-refractivity contribution in [2.24, 2.45) is 0 Å². The van der Waals surface area contributed by atoms with Crippen LogP contribution < -0.4 is 5.32 Å². The molecule has 0 spiro atoms. The molecule has 1 heterocycles. The number of rotatable bonds is 7. The van der Waals surface area contributed by atoms with Gasteiger partial charge in [0.15, 0.2) is 12.4 Å². The van der Waals surface area contributed by atoms with Crippen molar-refractivity contribution in [1.29, 1.82) is 0 Å². The number of para-hydroxylation sites is 1. The number of carbonyl (C=O) groups excluding carboxylic acids is 2. The number of benzene rings is 2. The number of hydrogen-bond acceptors (Lipinski definition) is 6. The van der Waals surface area contributed by atoms with Crippen molar-refractivity contribution < 1.29 is 23.1 Å². The first-order chi connectivity index (χ1) is 13.5. The zero-order chi connectivity index (χ0) is 19.9. The Balaban J connectivity index is 1.47. The Morgan fingerprint density at radius 3 is 2.64 bits per heavy atom. The summed E-state index contributed by atoms with van der Waals surface area (Å²) >= 11 is 0. The van der Waals surface area contributed by atoms with Crippen LogP contribution >= 0.6 is 0 Å². The lowest BCUT2D eigenvalue weighted by Crippen LogP contribution is -2.27. The van der Waals surface area contributed by atoms with Crippen LogP contribution in [0.15, 0.2) is 48.5 Å². The first kappa shape index (κ1) is 19.1. The number of ether oxygens (including phenoxy) is 1. The zero-order valence-corrected chi connectivity index (χ0v) is 14.5. The van der Waals surface area contributed by atoms with Crippen LogP contribution in [0.5, 0.6) is 0 Å². The van der Waals surface area contributed by atoms with Crippen molar-refractivity contribution in [2.75, 3.05) is 6.54 Å². The molecule has 144 valence electrons. The largest absolute Gasteiger partial charge is 0.457 e. The van der Waals surface area contributed by atoms with E-state index in [2.05, 4.69) is 20.8 Å². The highest BCUT2D eigenvalue weighted by Crippen LogP contribution is 2.10. The summed E-state index contributed by atoms with van der Waals surface area (Å²) in [5.74, 6) is -2.78. The molecule has 8 nitrogen and oxygen atoms in total. The monoisotopic (exact) mass is 387 g/mol. The highest BCUT2D eigenvalue weighted by Gasteiger charge is 2.14. The zero-order valence-electron chi connectivity index (χ0n) is 14.5. The average Bonchev–Trinajstić information content (AvgIpc) is 3.15. The third kappa shape index (κ3) is 4.72. The summed E-state index contributed by atoms with van der Waals surface area (Å²) in [6.45, 7) is -0.223. The van der Waals surface area contributed by atoms with E-state index in [0.717, 1.165) is 12.1 Å². The van der Waals surface area contributed by atoms with Crippen LogP contribution in [0.25, 0.3) is 5.69 Å². The maximum Gasteiger partial charge on any atom is 0.308 e. The molecule has 0 aliphatic rings. The van der Waals surface area contributed by atoms with Gasteiger partial charge in [-0.3, -0.25) is 9.59 Å². The summed E-state index contributed by atoms with van der Waals surface area (Å²) in [5.41, 5.74) is 0.406. The number of nitrogens with zero attached hydrogens (tertiary/aromatic N) is 4. The third-order valence-electron chi connectivity index (χ3n) is 3.69. The molecule has 3 aromatic rings. The van der Waals surface area contributed by atoms with Crippen LogP contribution in [0.2, 0.25) is 0 Å². The van der Waals surface area contributed by atoms with Gasteiger partial charge >= 0.3 is 5.97 Å². The Hall–Kier alpha value is -3.69. The molecule has 0 saturated heterocycles. The summed E-state index contributed by atoms with van der Waals surface area (Å²) in [6.07, 6.45) is -0.137. The number of nitrogens with one attached hydrogen (secondary N) is 1. The molecule has 3 rings (SSSR count). The second-order valence-corrected chi connectivity index (χ2v) is 5.63. The van der Waals surface area contributed by atoms with Crippen molar-refractivity contribution in [3.8, 4) is 5.69 Å². The molecule has 0 aliphatic carbocycles. The van der Waals surface area contributed by atoms with E-state index in [-0.39, 0.29) is 25.1 Å². The SMILES string of the molecule is O=C(CCNC(=O)c1ccc(F)cc1F)OCc1nnnn1-c1ccccc1. The number of tetrazole rings is 1. The van der Waals surface area contributed by atoms with Gasteiger partial charge in [0, 0.05) is 12.6 Å². The van der Waals surface area contributed by atoms with Gasteiger partial charge in [0.2, 0.25) is 0 Å². The summed E-state index contributed by atoms with van der Waals surface area (Å²) in [5, 5.41) is 13.6. The second-order valence-electron chi connectivity index (χ2n) is 5.63. The van der Waals surface area contributed by atoms with Gasteiger partial charge in [0.25, 0.3) is 5.91 Å². The molecule has 1 N–H and O–H groups in total. The minimum absolute atomic E-state index is 0.0713. The van der Waals surface area contributed by atoms with E-state index in [4.69, 9.17) is 4.74 Å². The molecule has 0 atom stereocenters. The van der Waals surface area contributed by atoms with Gasteiger partial charge in [-0.15, -0.1) is 5.10 Å². The van der Waals surface area contributed by atoms with Crippen molar-refractivity contribution in [3.05, 3.63) is 71.6 Å². The molecule has 2 aromatic carbocycles. The first-order valence-corrected chi connectivity index (χ1v) is 8.26. The molecular weight excluding hydrogens is 372 g/mol. The number of esters is 1. The molecule has 1 amide bonds. The minimum atomic E-state index is -0.979.